The van der Waals surface area contributed by atoms with Crippen molar-refractivity contribution in [3.63, 3.8) is 0 Å². The molecule has 1 aliphatic rings. The van der Waals surface area contributed by atoms with Crippen LogP contribution in [-0.2, 0) is 22.9 Å². The average molecular weight is 498 g/mol. The van der Waals surface area contributed by atoms with Gasteiger partial charge in [-0.15, -0.1) is 0 Å². The van der Waals surface area contributed by atoms with Crippen LogP contribution in [0.5, 0.6) is 0 Å². The van der Waals surface area contributed by atoms with Gasteiger partial charge in [-0.3, -0.25) is 4.68 Å². The molecular weight excluding hydrogens is 462 g/mol. The maximum atomic E-state index is 5.65. The number of anilines is 1. The van der Waals surface area contributed by atoms with Crippen LogP contribution in [0.2, 0.25) is 0 Å². The topological polar surface area (TPSA) is 91.9 Å². The average Bonchev–Trinajstić information content (AvgIpc) is 3.58. The Hall–Kier alpha value is -2.69. The van der Waals surface area contributed by atoms with Gasteiger partial charge < -0.3 is 19.4 Å². The van der Waals surface area contributed by atoms with Crippen LogP contribution >= 0.6 is 11.8 Å². The summed E-state index contributed by atoms with van der Waals surface area (Å²) < 4.78 is 15.2. The Morgan fingerprint density at radius 2 is 1.91 bits per heavy atom. The van der Waals surface area contributed by atoms with Gasteiger partial charge in [-0.25, -0.2) is 15.0 Å². The van der Waals surface area contributed by atoms with E-state index in [1.807, 2.05) is 34.8 Å². The van der Waals surface area contributed by atoms with Gasteiger partial charge >= 0.3 is 0 Å². The van der Waals surface area contributed by atoms with E-state index in [1.165, 1.54) is 11.8 Å². The molecule has 188 valence electrons. The smallest absolute Gasteiger partial charge is 0.198 e. The Morgan fingerprint density at radius 3 is 2.46 bits per heavy atom. The van der Waals surface area contributed by atoms with Gasteiger partial charge in [0.15, 0.2) is 11.6 Å². The molecule has 10 heteroatoms. The van der Waals surface area contributed by atoms with Gasteiger partial charge in [-0.1, -0.05) is 25.3 Å². The lowest BCUT2D eigenvalue weighted by Gasteiger charge is -2.19. The maximum absolute atomic E-state index is 5.65. The number of hydrogen-bond acceptors (Lipinski definition) is 8. The van der Waals surface area contributed by atoms with E-state index in [-0.39, 0.29) is 24.3 Å². The van der Waals surface area contributed by atoms with Crippen molar-refractivity contribution in [2.24, 2.45) is 7.05 Å². The standard InChI is InChI=1S/C25H35N7O2S/c1-8-18-22(27-17-13-20(33-6)21(14-17)34-7)28-23(24-26-10-12-31(24)5)29-25(18)35-16(4)19-9-11-32(30-19)15(2)3/h9-12,15,17,20-21H,4,8,13-14H2,1-3,5-7H3,(H,27,28,29)/t20-,21-/m0/s1. The summed E-state index contributed by atoms with van der Waals surface area (Å²) in [6.07, 6.45) is 8.22. The second-order valence-corrected chi connectivity index (χ2v) is 10.1. The summed E-state index contributed by atoms with van der Waals surface area (Å²) >= 11 is 1.52. The molecule has 0 aliphatic heterocycles. The fraction of sp³-hybridized carbons (Fsp3) is 0.520. The summed E-state index contributed by atoms with van der Waals surface area (Å²) in [6, 6.07) is 2.47. The molecule has 1 aliphatic carbocycles. The molecule has 0 spiro atoms. The minimum absolute atomic E-state index is 0.0584. The van der Waals surface area contributed by atoms with Crippen molar-refractivity contribution < 1.29 is 9.47 Å². The van der Waals surface area contributed by atoms with E-state index in [9.17, 15) is 0 Å². The summed E-state index contributed by atoms with van der Waals surface area (Å²) in [4.78, 5) is 15.2. The number of imidazole rings is 1. The number of nitrogens with zero attached hydrogens (tertiary/aromatic N) is 6. The lowest BCUT2D eigenvalue weighted by molar-refractivity contribution is -0.0157. The maximum Gasteiger partial charge on any atom is 0.198 e. The first kappa shape index (κ1) is 25.4. The summed E-state index contributed by atoms with van der Waals surface area (Å²) in [7, 11) is 5.42. The molecule has 1 saturated carbocycles. The molecule has 9 nitrogen and oxygen atoms in total. The molecule has 35 heavy (non-hydrogen) atoms. The van der Waals surface area contributed by atoms with Crippen LogP contribution in [0, 0.1) is 0 Å². The minimum Gasteiger partial charge on any atom is -0.379 e. The Morgan fingerprint density at radius 1 is 1.20 bits per heavy atom. The van der Waals surface area contributed by atoms with Crippen LogP contribution in [0.15, 0.2) is 36.3 Å². The SMILES string of the molecule is C=C(Sc1nc(-c2nccn2C)nc(NC2C[C@H](OC)[C@@H](OC)C2)c1CC)c1ccn(C(C)C)n1. The minimum atomic E-state index is 0.0584. The van der Waals surface area contributed by atoms with Gasteiger partial charge in [0.25, 0.3) is 0 Å². The predicted octanol–water partition coefficient (Wildman–Crippen LogP) is 4.58. The largest absolute Gasteiger partial charge is 0.379 e. The summed E-state index contributed by atoms with van der Waals surface area (Å²) in [5.74, 6) is 2.10. The molecule has 0 saturated heterocycles. The summed E-state index contributed by atoms with van der Waals surface area (Å²) in [5, 5.41) is 9.21. The van der Waals surface area contributed by atoms with E-state index < -0.39 is 0 Å². The molecule has 0 radical (unpaired) electrons. The van der Waals surface area contributed by atoms with Gasteiger partial charge in [0.05, 0.1) is 17.9 Å². The van der Waals surface area contributed by atoms with Crippen molar-refractivity contribution in [3.05, 3.63) is 42.5 Å². The van der Waals surface area contributed by atoms with Crippen LogP contribution in [0.1, 0.15) is 50.9 Å². The Bertz CT molecular complexity index is 1160. The highest BCUT2D eigenvalue weighted by atomic mass is 32.2. The second-order valence-electron chi connectivity index (χ2n) is 9.06. The summed E-state index contributed by atoms with van der Waals surface area (Å²) in [5.41, 5.74) is 1.89. The molecule has 0 bridgehead atoms. The molecule has 4 rings (SSSR count). The zero-order chi connectivity index (χ0) is 25.1. The molecule has 2 atom stereocenters. The lowest BCUT2D eigenvalue weighted by atomic mass is 10.2. The highest BCUT2D eigenvalue weighted by Crippen LogP contribution is 2.38. The van der Waals surface area contributed by atoms with Crippen LogP contribution in [0.3, 0.4) is 0 Å². The van der Waals surface area contributed by atoms with Gasteiger partial charge in [0.2, 0.25) is 0 Å². The van der Waals surface area contributed by atoms with Crippen LogP contribution < -0.4 is 5.32 Å². The third-order valence-electron chi connectivity index (χ3n) is 6.38. The van der Waals surface area contributed by atoms with E-state index in [4.69, 9.17) is 19.4 Å². The molecule has 3 aromatic rings. The highest BCUT2D eigenvalue weighted by molar-refractivity contribution is 8.08. The van der Waals surface area contributed by atoms with Gasteiger partial charge in [0.1, 0.15) is 10.8 Å². The van der Waals surface area contributed by atoms with Crippen molar-refractivity contribution >= 4 is 22.5 Å². The number of ether oxygens (including phenoxy) is 2. The number of aromatic nitrogens is 6. The molecule has 0 unspecified atom stereocenters. The first-order valence-corrected chi connectivity index (χ1v) is 12.8. The van der Waals surface area contributed by atoms with Crippen molar-refractivity contribution in [1.29, 1.82) is 0 Å². The molecular formula is C25H35N7O2S. The van der Waals surface area contributed by atoms with Crippen LogP contribution in [-0.4, -0.2) is 61.8 Å². The quantitative estimate of drug-likeness (QED) is 0.321. The number of methoxy groups -OCH3 is 2. The zero-order valence-electron chi connectivity index (χ0n) is 21.4. The molecule has 0 amide bonds. The molecule has 3 heterocycles. The van der Waals surface area contributed by atoms with Gasteiger partial charge in [-0.05, 0) is 39.2 Å². The van der Waals surface area contributed by atoms with E-state index in [2.05, 4.69) is 42.7 Å². The summed E-state index contributed by atoms with van der Waals surface area (Å²) in [6.45, 7) is 10.6. The van der Waals surface area contributed by atoms with E-state index in [0.29, 0.717) is 11.6 Å². The first-order chi connectivity index (χ1) is 16.8. The monoisotopic (exact) mass is 497 g/mol. The van der Waals surface area contributed by atoms with E-state index in [1.54, 1.807) is 20.4 Å². The molecule has 1 N–H and O–H groups in total. The lowest BCUT2D eigenvalue weighted by Crippen LogP contribution is -2.23. The van der Waals surface area contributed by atoms with Crippen molar-refractivity contribution in [1.82, 2.24) is 29.3 Å². The van der Waals surface area contributed by atoms with Gasteiger partial charge in [0, 0.05) is 62.4 Å². The van der Waals surface area contributed by atoms with Crippen LogP contribution in [0.25, 0.3) is 16.6 Å². The van der Waals surface area contributed by atoms with E-state index in [0.717, 1.165) is 46.3 Å². The van der Waals surface area contributed by atoms with Crippen molar-refractivity contribution in [2.75, 3.05) is 19.5 Å². The molecule has 0 aromatic carbocycles. The fourth-order valence-electron chi connectivity index (χ4n) is 4.38. The zero-order valence-corrected chi connectivity index (χ0v) is 22.2. The second kappa shape index (κ2) is 10.9. The Kier molecular flexibility index (Phi) is 7.93. The third-order valence-corrected chi connectivity index (χ3v) is 7.37. The third kappa shape index (κ3) is 5.44. The highest BCUT2D eigenvalue weighted by Gasteiger charge is 2.35. The number of rotatable bonds is 10. The molecule has 1 fully saturated rings. The normalized spacial score (nSPS) is 18.5. The molecule has 3 aromatic heterocycles. The number of thioether (sulfide) groups is 1. The van der Waals surface area contributed by atoms with E-state index >= 15 is 0 Å². The van der Waals surface area contributed by atoms with Crippen LogP contribution in [0.4, 0.5) is 5.82 Å². The Balaban J connectivity index is 1.69. The van der Waals surface area contributed by atoms with Gasteiger partial charge in [-0.2, -0.15) is 5.10 Å². The predicted molar refractivity (Wildman–Crippen MR) is 139 cm³/mol. The van der Waals surface area contributed by atoms with Crippen molar-refractivity contribution in [2.45, 2.75) is 69.4 Å². The van der Waals surface area contributed by atoms with Crippen molar-refractivity contribution in [3.8, 4) is 11.6 Å². The fourth-order valence-corrected chi connectivity index (χ4v) is 5.32. The Labute approximate surface area is 211 Å². The first-order valence-electron chi connectivity index (χ1n) is 12.0. The number of aryl methyl sites for hydroxylation is 1. The number of hydrogen-bond donors (Lipinski definition) is 1. The number of nitrogens with one attached hydrogen (secondary N) is 1.